The number of aryl methyl sites for hydroxylation is 2. The molecule has 0 radical (unpaired) electrons. The molecule has 0 spiro atoms. The smallest absolute Gasteiger partial charge is 0.195 e. The van der Waals surface area contributed by atoms with E-state index in [-0.39, 0.29) is 5.78 Å². The lowest BCUT2D eigenvalue weighted by atomic mass is 10.2. The van der Waals surface area contributed by atoms with Crippen molar-refractivity contribution in [2.45, 2.75) is 6.92 Å². The summed E-state index contributed by atoms with van der Waals surface area (Å²) in [5.41, 5.74) is 0.918. The van der Waals surface area contributed by atoms with Gasteiger partial charge in [0.15, 0.2) is 5.78 Å². The summed E-state index contributed by atoms with van der Waals surface area (Å²) in [4.78, 5) is 13.7. The summed E-state index contributed by atoms with van der Waals surface area (Å²) in [6, 6.07) is 5.68. The summed E-state index contributed by atoms with van der Waals surface area (Å²) in [5, 5.41) is 4.03. The number of hydrogen-bond acceptors (Lipinski definition) is 3. The van der Waals surface area contributed by atoms with Gasteiger partial charge in [-0.1, -0.05) is 0 Å². The maximum atomic E-state index is 11.8. The van der Waals surface area contributed by atoms with E-state index in [4.69, 9.17) is 0 Å². The second kappa shape index (κ2) is 4.45. The minimum absolute atomic E-state index is 0.0410. The summed E-state index contributed by atoms with van der Waals surface area (Å²) in [6.07, 6.45) is 5.08. The van der Waals surface area contributed by atoms with Crippen molar-refractivity contribution in [1.29, 1.82) is 0 Å². The van der Waals surface area contributed by atoms with Crippen LogP contribution >= 0.6 is 11.3 Å². The molecule has 0 unspecified atom stereocenters. The van der Waals surface area contributed by atoms with Crippen LogP contribution in [0.15, 0.2) is 30.5 Å². The highest BCUT2D eigenvalue weighted by Crippen LogP contribution is 2.16. The third-order valence-corrected chi connectivity index (χ3v) is 3.26. The first-order valence-electron chi connectivity index (χ1n) is 4.93. The molecule has 0 aliphatic rings. The van der Waals surface area contributed by atoms with Crippen LogP contribution in [0.5, 0.6) is 0 Å². The number of carbonyl (C=O) groups is 1. The van der Waals surface area contributed by atoms with Crippen LogP contribution in [0.25, 0.3) is 6.08 Å². The van der Waals surface area contributed by atoms with Crippen LogP contribution in [0, 0.1) is 6.92 Å². The van der Waals surface area contributed by atoms with Crippen molar-refractivity contribution in [3.63, 3.8) is 0 Å². The van der Waals surface area contributed by atoms with Crippen molar-refractivity contribution in [3.8, 4) is 0 Å². The molecular weight excluding hydrogens is 220 g/mol. The molecule has 0 atom stereocenters. The fraction of sp³-hybridized carbons (Fsp3) is 0.167. The zero-order valence-electron chi connectivity index (χ0n) is 9.18. The van der Waals surface area contributed by atoms with Crippen molar-refractivity contribution in [2.24, 2.45) is 7.05 Å². The zero-order valence-corrected chi connectivity index (χ0v) is 9.99. The van der Waals surface area contributed by atoms with Gasteiger partial charge in [-0.2, -0.15) is 5.10 Å². The Balaban J connectivity index is 2.14. The molecule has 0 bridgehead atoms. The quantitative estimate of drug-likeness (QED) is 0.602. The first-order valence-corrected chi connectivity index (χ1v) is 5.75. The molecule has 2 rings (SSSR count). The van der Waals surface area contributed by atoms with Gasteiger partial charge in [-0.15, -0.1) is 11.3 Å². The predicted octanol–water partition coefficient (Wildman–Crippen LogP) is 2.69. The third kappa shape index (κ3) is 2.28. The van der Waals surface area contributed by atoms with Crippen molar-refractivity contribution >= 4 is 23.2 Å². The summed E-state index contributed by atoms with van der Waals surface area (Å²) in [5.74, 6) is 0.0410. The van der Waals surface area contributed by atoms with E-state index in [1.165, 1.54) is 11.3 Å². The minimum Gasteiger partial charge on any atom is -0.288 e. The molecule has 0 saturated heterocycles. The molecule has 0 aliphatic heterocycles. The molecule has 16 heavy (non-hydrogen) atoms. The number of aromatic nitrogens is 2. The summed E-state index contributed by atoms with van der Waals surface area (Å²) >= 11 is 1.51. The molecule has 0 N–H and O–H groups in total. The van der Waals surface area contributed by atoms with Gasteiger partial charge in [0.25, 0.3) is 0 Å². The number of thiophene rings is 1. The Labute approximate surface area is 98.0 Å². The standard InChI is InChI=1S/C12H12N2OS/c1-9-3-6-12(16-9)11(15)5-4-10-7-8-13-14(10)2/h3-8H,1-2H3/b5-4+. The average molecular weight is 232 g/mol. The monoisotopic (exact) mass is 232 g/mol. The molecule has 0 aliphatic carbocycles. The van der Waals surface area contributed by atoms with Gasteiger partial charge in [-0.3, -0.25) is 9.48 Å². The van der Waals surface area contributed by atoms with Gasteiger partial charge in [0, 0.05) is 18.1 Å². The molecule has 0 fully saturated rings. The molecule has 2 heterocycles. The minimum atomic E-state index is 0.0410. The van der Waals surface area contributed by atoms with Crippen LogP contribution in [-0.2, 0) is 7.05 Å². The highest BCUT2D eigenvalue weighted by molar-refractivity contribution is 7.14. The Morgan fingerprint density at radius 1 is 1.44 bits per heavy atom. The van der Waals surface area contributed by atoms with Gasteiger partial charge in [0.05, 0.1) is 10.6 Å². The maximum absolute atomic E-state index is 11.8. The molecule has 0 amide bonds. The highest BCUT2D eigenvalue weighted by Gasteiger charge is 2.04. The van der Waals surface area contributed by atoms with E-state index in [1.54, 1.807) is 23.0 Å². The van der Waals surface area contributed by atoms with E-state index in [2.05, 4.69) is 5.10 Å². The largest absolute Gasteiger partial charge is 0.288 e. The molecule has 0 aromatic carbocycles. The van der Waals surface area contributed by atoms with Gasteiger partial charge >= 0.3 is 0 Å². The molecule has 82 valence electrons. The van der Waals surface area contributed by atoms with Gasteiger partial charge in [0.1, 0.15) is 0 Å². The number of nitrogens with zero attached hydrogens (tertiary/aromatic N) is 2. The van der Waals surface area contributed by atoms with Crippen molar-refractivity contribution in [3.05, 3.63) is 45.9 Å². The predicted molar refractivity (Wildman–Crippen MR) is 65.6 cm³/mol. The lowest BCUT2D eigenvalue weighted by molar-refractivity contribution is 0.105. The third-order valence-electron chi connectivity index (χ3n) is 2.25. The zero-order chi connectivity index (χ0) is 11.5. The van der Waals surface area contributed by atoms with Crippen LogP contribution in [0.3, 0.4) is 0 Å². The Kier molecular flexibility index (Phi) is 3.01. The second-order valence-electron chi connectivity index (χ2n) is 3.49. The lowest BCUT2D eigenvalue weighted by Gasteiger charge is -1.93. The number of hydrogen-bond donors (Lipinski definition) is 0. The van der Waals surface area contributed by atoms with Crippen LogP contribution in [-0.4, -0.2) is 15.6 Å². The molecule has 3 nitrogen and oxygen atoms in total. The van der Waals surface area contributed by atoms with Crippen LogP contribution in [0.2, 0.25) is 0 Å². The first-order chi connectivity index (χ1) is 7.66. The van der Waals surface area contributed by atoms with Crippen LogP contribution in [0.1, 0.15) is 20.2 Å². The van der Waals surface area contributed by atoms with Gasteiger partial charge in [0.2, 0.25) is 0 Å². The molecule has 0 saturated carbocycles. The first kappa shape index (κ1) is 10.8. The Bertz CT molecular complexity index is 537. The molecule has 2 aromatic rings. The fourth-order valence-electron chi connectivity index (χ4n) is 1.36. The van der Waals surface area contributed by atoms with E-state index >= 15 is 0 Å². The van der Waals surface area contributed by atoms with Crippen molar-refractivity contribution in [2.75, 3.05) is 0 Å². The van der Waals surface area contributed by atoms with E-state index in [9.17, 15) is 4.79 Å². The molecule has 4 heteroatoms. The van der Waals surface area contributed by atoms with E-state index in [0.717, 1.165) is 15.4 Å². The van der Waals surface area contributed by atoms with E-state index in [1.807, 2.05) is 32.2 Å². The molecular formula is C12H12N2OS. The number of ketones is 1. The fourth-order valence-corrected chi connectivity index (χ4v) is 2.15. The van der Waals surface area contributed by atoms with Crippen LogP contribution < -0.4 is 0 Å². The normalized spacial score (nSPS) is 11.1. The topological polar surface area (TPSA) is 34.9 Å². The van der Waals surface area contributed by atoms with Crippen molar-refractivity contribution in [1.82, 2.24) is 9.78 Å². The Hall–Kier alpha value is -1.68. The van der Waals surface area contributed by atoms with E-state index in [0.29, 0.717) is 0 Å². The van der Waals surface area contributed by atoms with Gasteiger partial charge < -0.3 is 0 Å². The number of rotatable bonds is 3. The second-order valence-corrected chi connectivity index (χ2v) is 4.78. The Morgan fingerprint density at radius 3 is 2.81 bits per heavy atom. The maximum Gasteiger partial charge on any atom is 0.195 e. The van der Waals surface area contributed by atoms with Gasteiger partial charge in [-0.25, -0.2) is 0 Å². The highest BCUT2D eigenvalue weighted by atomic mass is 32.1. The molecule has 2 aromatic heterocycles. The van der Waals surface area contributed by atoms with Crippen LogP contribution in [0.4, 0.5) is 0 Å². The number of allylic oxidation sites excluding steroid dienone is 1. The number of carbonyl (C=O) groups excluding carboxylic acids is 1. The summed E-state index contributed by atoms with van der Waals surface area (Å²) < 4.78 is 1.73. The lowest BCUT2D eigenvalue weighted by Crippen LogP contribution is -1.94. The van der Waals surface area contributed by atoms with E-state index < -0.39 is 0 Å². The van der Waals surface area contributed by atoms with Crippen molar-refractivity contribution < 1.29 is 4.79 Å². The van der Waals surface area contributed by atoms with Gasteiger partial charge in [-0.05, 0) is 37.3 Å². The average Bonchev–Trinajstić information content (AvgIpc) is 2.84. The summed E-state index contributed by atoms with van der Waals surface area (Å²) in [7, 11) is 1.85. The Morgan fingerprint density at radius 2 is 2.25 bits per heavy atom. The SMILES string of the molecule is Cc1ccc(C(=O)/C=C/c2ccnn2C)s1. The summed E-state index contributed by atoms with van der Waals surface area (Å²) in [6.45, 7) is 1.99.